The summed E-state index contributed by atoms with van der Waals surface area (Å²) in [4.78, 5) is 0. The number of ether oxygens (including phenoxy) is 1. The molecule has 2 nitrogen and oxygen atoms in total. The number of nitrogens with one attached hydrogen (secondary N) is 1. The van der Waals surface area contributed by atoms with Crippen molar-refractivity contribution in [1.82, 2.24) is 5.32 Å². The molecule has 1 aromatic carbocycles. The summed E-state index contributed by atoms with van der Waals surface area (Å²) in [5, 5.41) is 3.79. The lowest BCUT2D eigenvalue weighted by Crippen LogP contribution is -2.45. The second-order valence-electron chi connectivity index (χ2n) is 6.09. The van der Waals surface area contributed by atoms with Crippen molar-refractivity contribution in [2.24, 2.45) is 0 Å². The SMILES string of the molecule is CCC1(C)CC(N[C@H](C)c2ccccc2C)CCO1. The van der Waals surface area contributed by atoms with E-state index in [0.717, 1.165) is 25.9 Å². The molecule has 1 saturated heterocycles. The normalized spacial score (nSPS) is 29.2. The van der Waals surface area contributed by atoms with Gasteiger partial charge in [-0.15, -0.1) is 0 Å². The zero-order valence-electron chi connectivity index (χ0n) is 12.7. The van der Waals surface area contributed by atoms with Gasteiger partial charge in [-0.05, 0) is 51.2 Å². The summed E-state index contributed by atoms with van der Waals surface area (Å²) in [7, 11) is 0. The Morgan fingerprint density at radius 2 is 2.16 bits per heavy atom. The van der Waals surface area contributed by atoms with Crippen LogP contribution in [0.15, 0.2) is 24.3 Å². The van der Waals surface area contributed by atoms with E-state index in [2.05, 4.69) is 57.3 Å². The molecule has 1 aliphatic rings. The van der Waals surface area contributed by atoms with Crippen molar-refractivity contribution in [3.05, 3.63) is 35.4 Å². The van der Waals surface area contributed by atoms with Crippen molar-refractivity contribution in [1.29, 1.82) is 0 Å². The maximum atomic E-state index is 5.92. The van der Waals surface area contributed by atoms with Gasteiger partial charge in [0.1, 0.15) is 0 Å². The molecule has 0 aromatic heterocycles. The topological polar surface area (TPSA) is 21.3 Å². The van der Waals surface area contributed by atoms with E-state index in [1.807, 2.05) is 0 Å². The molecule has 2 heteroatoms. The third-order valence-electron chi connectivity index (χ3n) is 4.48. The Morgan fingerprint density at radius 1 is 1.42 bits per heavy atom. The number of aryl methyl sites for hydroxylation is 1. The van der Waals surface area contributed by atoms with Crippen LogP contribution in [0.1, 0.15) is 57.2 Å². The highest BCUT2D eigenvalue weighted by atomic mass is 16.5. The smallest absolute Gasteiger partial charge is 0.0666 e. The van der Waals surface area contributed by atoms with E-state index in [9.17, 15) is 0 Å². The van der Waals surface area contributed by atoms with Gasteiger partial charge in [0.25, 0.3) is 0 Å². The minimum atomic E-state index is 0.0569. The van der Waals surface area contributed by atoms with Crippen LogP contribution >= 0.6 is 0 Å². The molecule has 0 radical (unpaired) electrons. The van der Waals surface area contributed by atoms with E-state index in [0.29, 0.717) is 12.1 Å². The fourth-order valence-electron chi connectivity index (χ4n) is 3.03. The second kappa shape index (κ2) is 6.06. The minimum absolute atomic E-state index is 0.0569. The highest BCUT2D eigenvalue weighted by molar-refractivity contribution is 5.28. The maximum absolute atomic E-state index is 5.92. The van der Waals surface area contributed by atoms with Gasteiger partial charge in [0.15, 0.2) is 0 Å². The summed E-state index contributed by atoms with van der Waals surface area (Å²) in [5.74, 6) is 0. The van der Waals surface area contributed by atoms with Gasteiger partial charge in [0.2, 0.25) is 0 Å². The van der Waals surface area contributed by atoms with Crippen LogP contribution in [-0.4, -0.2) is 18.2 Å². The van der Waals surface area contributed by atoms with Crippen molar-refractivity contribution >= 4 is 0 Å². The van der Waals surface area contributed by atoms with Gasteiger partial charge >= 0.3 is 0 Å². The Balaban J connectivity index is 1.99. The summed E-state index contributed by atoms with van der Waals surface area (Å²) in [6, 6.07) is 9.62. The fraction of sp³-hybridized carbons (Fsp3) is 0.647. The van der Waals surface area contributed by atoms with Gasteiger partial charge in [-0.25, -0.2) is 0 Å². The molecule has 0 aliphatic carbocycles. The van der Waals surface area contributed by atoms with Crippen LogP contribution in [0.3, 0.4) is 0 Å². The highest BCUT2D eigenvalue weighted by Gasteiger charge is 2.32. The molecular formula is C17H27NO. The lowest BCUT2D eigenvalue weighted by Gasteiger charge is -2.39. The summed E-state index contributed by atoms with van der Waals surface area (Å²) in [5.41, 5.74) is 2.83. The molecule has 3 atom stereocenters. The lowest BCUT2D eigenvalue weighted by atomic mass is 9.89. The molecule has 1 aliphatic heterocycles. The van der Waals surface area contributed by atoms with Crippen LogP contribution < -0.4 is 5.32 Å². The Kier molecular flexibility index (Phi) is 4.64. The second-order valence-corrected chi connectivity index (χ2v) is 6.09. The zero-order valence-corrected chi connectivity index (χ0v) is 12.7. The maximum Gasteiger partial charge on any atom is 0.0666 e. The molecule has 0 amide bonds. The van der Waals surface area contributed by atoms with Crippen LogP contribution in [0, 0.1) is 6.92 Å². The molecule has 1 heterocycles. The molecule has 106 valence electrons. The lowest BCUT2D eigenvalue weighted by molar-refractivity contribution is -0.0789. The summed E-state index contributed by atoms with van der Waals surface area (Å²) in [6.45, 7) is 9.78. The van der Waals surface area contributed by atoms with Crippen molar-refractivity contribution < 1.29 is 4.74 Å². The zero-order chi connectivity index (χ0) is 13.9. The first-order chi connectivity index (χ1) is 9.04. The monoisotopic (exact) mass is 261 g/mol. The molecule has 0 bridgehead atoms. The molecular weight excluding hydrogens is 234 g/mol. The Hall–Kier alpha value is -0.860. The van der Waals surface area contributed by atoms with E-state index in [1.54, 1.807) is 0 Å². The van der Waals surface area contributed by atoms with E-state index in [1.165, 1.54) is 11.1 Å². The third-order valence-corrected chi connectivity index (χ3v) is 4.48. The molecule has 1 N–H and O–H groups in total. The number of benzene rings is 1. The van der Waals surface area contributed by atoms with Gasteiger partial charge in [0, 0.05) is 18.7 Å². The predicted molar refractivity (Wildman–Crippen MR) is 80.4 cm³/mol. The van der Waals surface area contributed by atoms with Gasteiger partial charge < -0.3 is 10.1 Å². The van der Waals surface area contributed by atoms with E-state index < -0.39 is 0 Å². The van der Waals surface area contributed by atoms with E-state index >= 15 is 0 Å². The van der Waals surface area contributed by atoms with Crippen molar-refractivity contribution in [3.63, 3.8) is 0 Å². The molecule has 19 heavy (non-hydrogen) atoms. The summed E-state index contributed by atoms with van der Waals surface area (Å²) in [6.07, 6.45) is 3.31. The Morgan fingerprint density at radius 3 is 2.84 bits per heavy atom. The first-order valence-electron chi connectivity index (χ1n) is 7.49. The molecule has 2 unspecified atom stereocenters. The number of rotatable bonds is 4. The Bertz CT molecular complexity index is 417. The van der Waals surface area contributed by atoms with Crippen LogP contribution in [0.5, 0.6) is 0 Å². The van der Waals surface area contributed by atoms with Crippen LogP contribution in [0.25, 0.3) is 0 Å². The summed E-state index contributed by atoms with van der Waals surface area (Å²) >= 11 is 0. The van der Waals surface area contributed by atoms with Crippen LogP contribution in [-0.2, 0) is 4.74 Å². The fourth-order valence-corrected chi connectivity index (χ4v) is 3.03. The van der Waals surface area contributed by atoms with Crippen molar-refractivity contribution in [2.45, 2.75) is 64.6 Å². The van der Waals surface area contributed by atoms with Crippen LogP contribution in [0.2, 0.25) is 0 Å². The molecule has 1 aromatic rings. The Labute approximate surface area is 117 Å². The first kappa shape index (κ1) is 14.5. The minimum Gasteiger partial charge on any atom is -0.375 e. The van der Waals surface area contributed by atoms with E-state index in [4.69, 9.17) is 4.74 Å². The molecule has 0 spiro atoms. The quantitative estimate of drug-likeness (QED) is 0.884. The standard InChI is InChI=1S/C17H27NO/c1-5-17(4)12-15(10-11-19-17)18-14(3)16-9-7-6-8-13(16)2/h6-9,14-15,18H,5,10-12H2,1-4H3/t14-,15?,17?/m1/s1. The van der Waals surface area contributed by atoms with Gasteiger partial charge in [-0.1, -0.05) is 31.2 Å². The van der Waals surface area contributed by atoms with Gasteiger partial charge in [0.05, 0.1) is 5.60 Å². The number of hydrogen-bond donors (Lipinski definition) is 1. The van der Waals surface area contributed by atoms with E-state index in [-0.39, 0.29) is 5.60 Å². The molecule has 0 saturated carbocycles. The highest BCUT2D eigenvalue weighted by Crippen LogP contribution is 2.29. The van der Waals surface area contributed by atoms with Crippen LogP contribution in [0.4, 0.5) is 0 Å². The van der Waals surface area contributed by atoms with Crippen molar-refractivity contribution in [3.8, 4) is 0 Å². The van der Waals surface area contributed by atoms with Gasteiger partial charge in [-0.2, -0.15) is 0 Å². The summed E-state index contributed by atoms with van der Waals surface area (Å²) < 4.78 is 5.92. The molecule has 1 fully saturated rings. The third kappa shape index (κ3) is 3.58. The number of hydrogen-bond acceptors (Lipinski definition) is 2. The molecule has 2 rings (SSSR count). The average Bonchev–Trinajstić information content (AvgIpc) is 2.39. The average molecular weight is 261 g/mol. The van der Waals surface area contributed by atoms with Gasteiger partial charge in [-0.3, -0.25) is 0 Å². The predicted octanol–water partition coefficient (Wildman–Crippen LogP) is 3.99. The van der Waals surface area contributed by atoms with Crippen molar-refractivity contribution in [2.75, 3.05) is 6.61 Å². The first-order valence-corrected chi connectivity index (χ1v) is 7.49. The largest absolute Gasteiger partial charge is 0.375 e.